The summed E-state index contributed by atoms with van der Waals surface area (Å²) in [6, 6.07) is -0.288. The lowest BCUT2D eigenvalue weighted by molar-refractivity contribution is -0.149. The largest absolute Gasteiger partial charge is 0.481 e. The van der Waals surface area contributed by atoms with Crippen molar-refractivity contribution in [2.45, 2.75) is 58.1 Å². The normalized spacial score (nSPS) is 34.4. The van der Waals surface area contributed by atoms with E-state index in [-0.39, 0.29) is 6.04 Å². The molecule has 2 rings (SSSR count). The van der Waals surface area contributed by atoms with Crippen molar-refractivity contribution in [3.05, 3.63) is 0 Å². The van der Waals surface area contributed by atoms with Crippen LogP contribution in [0.3, 0.4) is 0 Å². The molecule has 0 heterocycles. The smallest absolute Gasteiger partial charge is 0.407 e. The fraction of sp³-hybridized carbons (Fsp3) is 0.846. The number of carbonyl (C=O) groups excluding carboxylic acids is 1. The van der Waals surface area contributed by atoms with Crippen LogP contribution in [0.1, 0.15) is 46.5 Å². The van der Waals surface area contributed by atoms with Crippen molar-refractivity contribution in [2.75, 3.05) is 0 Å². The summed E-state index contributed by atoms with van der Waals surface area (Å²) < 4.78 is 5.19. The molecular formula is C13H21NO4. The van der Waals surface area contributed by atoms with E-state index in [2.05, 4.69) is 5.32 Å². The van der Waals surface area contributed by atoms with Gasteiger partial charge in [0.25, 0.3) is 0 Å². The van der Waals surface area contributed by atoms with Gasteiger partial charge in [-0.15, -0.1) is 0 Å². The van der Waals surface area contributed by atoms with Crippen molar-refractivity contribution in [3.8, 4) is 0 Å². The molecule has 1 amide bonds. The molecule has 0 unspecified atom stereocenters. The van der Waals surface area contributed by atoms with Crippen LogP contribution in [-0.4, -0.2) is 28.8 Å². The van der Waals surface area contributed by atoms with Crippen LogP contribution < -0.4 is 5.32 Å². The average molecular weight is 255 g/mol. The topological polar surface area (TPSA) is 75.6 Å². The first kappa shape index (κ1) is 13.2. The van der Waals surface area contributed by atoms with Gasteiger partial charge in [-0.05, 0) is 52.4 Å². The molecule has 5 nitrogen and oxygen atoms in total. The Morgan fingerprint density at radius 2 is 2.06 bits per heavy atom. The van der Waals surface area contributed by atoms with Crippen LogP contribution in [0.4, 0.5) is 4.79 Å². The Morgan fingerprint density at radius 1 is 1.39 bits per heavy atom. The lowest BCUT2D eigenvalue weighted by Gasteiger charge is -2.32. The third kappa shape index (κ3) is 2.31. The van der Waals surface area contributed by atoms with Crippen molar-refractivity contribution in [1.82, 2.24) is 5.32 Å². The fourth-order valence-electron chi connectivity index (χ4n) is 3.25. The van der Waals surface area contributed by atoms with Gasteiger partial charge in [-0.2, -0.15) is 0 Å². The zero-order valence-corrected chi connectivity index (χ0v) is 11.2. The molecule has 0 spiro atoms. The maximum atomic E-state index is 11.7. The first-order valence-corrected chi connectivity index (χ1v) is 6.46. The monoisotopic (exact) mass is 255 g/mol. The van der Waals surface area contributed by atoms with Crippen LogP contribution in [0, 0.1) is 11.3 Å². The third-order valence-electron chi connectivity index (χ3n) is 4.00. The third-order valence-corrected chi connectivity index (χ3v) is 4.00. The van der Waals surface area contributed by atoms with E-state index in [1.165, 1.54) is 0 Å². The Hall–Kier alpha value is -1.26. The summed E-state index contributed by atoms with van der Waals surface area (Å²) in [6.07, 6.45) is 2.54. The van der Waals surface area contributed by atoms with Crippen molar-refractivity contribution < 1.29 is 19.4 Å². The van der Waals surface area contributed by atoms with Gasteiger partial charge >= 0.3 is 12.1 Å². The minimum absolute atomic E-state index is 0.288. The summed E-state index contributed by atoms with van der Waals surface area (Å²) in [5.41, 5.74) is -1.32. The molecule has 2 fully saturated rings. The first-order valence-electron chi connectivity index (χ1n) is 6.46. The number of carboxylic acid groups (broad SMARTS) is 1. The van der Waals surface area contributed by atoms with E-state index < -0.39 is 23.1 Å². The van der Waals surface area contributed by atoms with Crippen molar-refractivity contribution in [2.24, 2.45) is 11.3 Å². The highest BCUT2D eigenvalue weighted by molar-refractivity contribution is 5.78. The van der Waals surface area contributed by atoms with E-state index >= 15 is 0 Å². The molecule has 0 saturated heterocycles. The van der Waals surface area contributed by atoms with E-state index in [0.29, 0.717) is 18.8 Å². The second-order valence-electron chi connectivity index (χ2n) is 6.50. The molecule has 0 aromatic heterocycles. The van der Waals surface area contributed by atoms with E-state index in [1.807, 2.05) is 0 Å². The van der Waals surface area contributed by atoms with Crippen LogP contribution >= 0.6 is 0 Å². The van der Waals surface area contributed by atoms with Gasteiger partial charge in [0.05, 0.1) is 5.41 Å². The zero-order valence-electron chi connectivity index (χ0n) is 11.2. The van der Waals surface area contributed by atoms with Gasteiger partial charge in [-0.3, -0.25) is 4.79 Å². The summed E-state index contributed by atoms with van der Waals surface area (Å²) in [6.45, 7) is 5.38. The van der Waals surface area contributed by atoms with Crippen LogP contribution in [0.25, 0.3) is 0 Å². The van der Waals surface area contributed by atoms with Crippen molar-refractivity contribution in [1.29, 1.82) is 0 Å². The molecule has 2 aliphatic carbocycles. The van der Waals surface area contributed by atoms with E-state index in [1.54, 1.807) is 20.8 Å². The number of aliphatic carboxylic acids is 1. The Bertz CT molecular complexity index is 374. The standard InChI is InChI=1S/C13H21NO4/c1-12(2,3)18-11(17)14-9-6-8-4-5-13(9,7-8)10(15)16/h8-9H,4-7H2,1-3H3,(H,14,17)(H,15,16)/t8-,9+,13+/m0/s1. The number of rotatable bonds is 2. The van der Waals surface area contributed by atoms with Crippen LogP contribution in [0.5, 0.6) is 0 Å². The quantitative estimate of drug-likeness (QED) is 0.792. The predicted molar refractivity (Wildman–Crippen MR) is 65.2 cm³/mol. The maximum absolute atomic E-state index is 11.7. The van der Waals surface area contributed by atoms with Gasteiger partial charge in [0.1, 0.15) is 5.60 Å². The Kier molecular flexibility index (Phi) is 3.03. The zero-order chi connectivity index (χ0) is 13.6. The molecule has 2 saturated carbocycles. The minimum Gasteiger partial charge on any atom is -0.481 e. The summed E-state index contributed by atoms with van der Waals surface area (Å²) >= 11 is 0. The van der Waals surface area contributed by atoms with E-state index in [9.17, 15) is 14.7 Å². The summed E-state index contributed by atoms with van der Waals surface area (Å²) in [5.74, 6) is -0.357. The van der Waals surface area contributed by atoms with E-state index in [4.69, 9.17) is 4.74 Å². The molecule has 3 atom stereocenters. The van der Waals surface area contributed by atoms with Crippen molar-refractivity contribution in [3.63, 3.8) is 0 Å². The number of fused-ring (bicyclic) bond motifs is 2. The highest BCUT2D eigenvalue weighted by Crippen LogP contribution is 2.54. The molecule has 18 heavy (non-hydrogen) atoms. The van der Waals surface area contributed by atoms with Gasteiger partial charge in [-0.1, -0.05) is 0 Å². The number of hydrogen-bond donors (Lipinski definition) is 2. The molecule has 2 bridgehead atoms. The SMILES string of the molecule is CC(C)(C)OC(=O)N[C@@H]1C[C@@H]2CC[C@@]1(C(=O)O)C2. The number of amides is 1. The summed E-state index contributed by atoms with van der Waals surface area (Å²) in [5, 5.41) is 12.2. The molecule has 0 radical (unpaired) electrons. The fourth-order valence-corrected chi connectivity index (χ4v) is 3.25. The first-order chi connectivity index (χ1) is 8.23. The van der Waals surface area contributed by atoms with Gasteiger partial charge in [0.2, 0.25) is 0 Å². The molecule has 5 heteroatoms. The molecular weight excluding hydrogens is 234 g/mol. The number of nitrogens with one attached hydrogen (secondary N) is 1. The predicted octanol–water partition coefficient (Wildman–Crippen LogP) is 2.15. The summed E-state index contributed by atoms with van der Waals surface area (Å²) in [7, 11) is 0. The lowest BCUT2D eigenvalue weighted by Crippen LogP contribution is -2.50. The highest BCUT2D eigenvalue weighted by atomic mass is 16.6. The van der Waals surface area contributed by atoms with Crippen LogP contribution in [0.15, 0.2) is 0 Å². The molecule has 0 aromatic carbocycles. The Balaban J connectivity index is 2.02. The van der Waals surface area contributed by atoms with Gasteiger partial charge < -0.3 is 15.2 Å². The molecule has 0 aliphatic heterocycles. The Labute approximate surface area is 107 Å². The van der Waals surface area contributed by atoms with E-state index in [0.717, 1.165) is 12.8 Å². The second-order valence-corrected chi connectivity index (χ2v) is 6.50. The maximum Gasteiger partial charge on any atom is 0.407 e. The Morgan fingerprint density at radius 3 is 2.56 bits per heavy atom. The lowest BCUT2D eigenvalue weighted by atomic mass is 9.80. The number of alkyl carbamates (subject to hydrolysis) is 1. The molecule has 0 aromatic rings. The number of carboxylic acids is 1. The van der Waals surface area contributed by atoms with Gasteiger partial charge in [-0.25, -0.2) is 4.79 Å². The molecule has 2 aliphatic rings. The molecule has 102 valence electrons. The number of carbonyl (C=O) groups is 2. The number of hydrogen-bond acceptors (Lipinski definition) is 3. The number of ether oxygens (including phenoxy) is 1. The van der Waals surface area contributed by atoms with Crippen molar-refractivity contribution >= 4 is 12.1 Å². The molecule has 2 N–H and O–H groups in total. The summed E-state index contributed by atoms with van der Waals surface area (Å²) in [4.78, 5) is 23.2. The van der Waals surface area contributed by atoms with Crippen LogP contribution in [0.2, 0.25) is 0 Å². The second kappa shape index (κ2) is 4.14. The van der Waals surface area contributed by atoms with Gasteiger partial charge in [0.15, 0.2) is 0 Å². The van der Waals surface area contributed by atoms with Gasteiger partial charge in [0, 0.05) is 6.04 Å². The minimum atomic E-state index is -0.788. The average Bonchev–Trinajstić information content (AvgIpc) is 2.72. The highest BCUT2D eigenvalue weighted by Gasteiger charge is 2.57. The van der Waals surface area contributed by atoms with Crippen LogP contribution in [-0.2, 0) is 9.53 Å².